The molecule has 1 aromatic carbocycles. The maximum absolute atomic E-state index is 13.0. The van der Waals surface area contributed by atoms with E-state index in [0.29, 0.717) is 0 Å². The largest absolute Gasteiger partial charge is 0.494 e. The summed E-state index contributed by atoms with van der Waals surface area (Å²) in [6.07, 6.45) is 3.81. The lowest BCUT2D eigenvalue weighted by molar-refractivity contribution is 0.392. The van der Waals surface area contributed by atoms with Gasteiger partial charge in [0.2, 0.25) is 0 Å². The van der Waals surface area contributed by atoms with Crippen molar-refractivity contribution in [2.75, 3.05) is 19.6 Å². The third kappa shape index (κ3) is 3.95. The lowest BCUT2D eigenvalue weighted by Gasteiger charge is -2.10. The van der Waals surface area contributed by atoms with Crippen LogP contribution in [0.15, 0.2) is 21.9 Å². The summed E-state index contributed by atoms with van der Waals surface area (Å²) in [4.78, 5) is 1.68. The molecule has 15 heavy (non-hydrogen) atoms. The zero-order valence-electron chi connectivity index (χ0n) is 9.76. The fraction of sp³-hybridized carbons (Fsp3) is 0.455. The molecule has 0 saturated carbocycles. The fourth-order valence-corrected chi connectivity index (χ4v) is 2.33. The Morgan fingerprint density at radius 1 is 1.07 bits per heavy atom. The van der Waals surface area contributed by atoms with Gasteiger partial charge in [0, 0.05) is 0 Å². The molecule has 0 amide bonds. The van der Waals surface area contributed by atoms with Gasteiger partial charge in [-0.25, -0.2) is 4.39 Å². The van der Waals surface area contributed by atoms with Gasteiger partial charge in [-0.15, -0.1) is 23.5 Å². The van der Waals surface area contributed by atoms with Crippen molar-refractivity contribution >= 4 is 23.5 Å². The van der Waals surface area contributed by atoms with Crippen molar-refractivity contribution in [2.24, 2.45) is 0 Å². The van der Waals surface area contributed by atoms with Crippen LogP contribution in [0.1, 0.15) is 13.8 Å². The predicted octanol–water partition coefficient (Wildman–Crippen LogP) is 4.30. The van der Waals surface area contributed by atoms with Crippen LogP contribution in [0.25, 0.3) is 0 Å². The average Bonchev–Trinajstić information content (AvgIpc) is 2.30. The molecule has 0 heterocycles. The third-order valence-corrected chi connectivity index (χ3v) is 3.12. The summed E-state index contributed by atoms with van der Waals surface area (Å²) < 4.78 is 18.2. The Hall–Kier alpha value is -0.350. The molecule has 0 N–H and O–H groups in total. The van der Waals surface area contributed by atoms with E-state index in [-0.39, 0.29) is 5.82 Å². The first-order valence-electron chi connectivity index (χ1n) is 4.68. The summed E-state index contributed by atoms with van der Waals surface area (Å²) in [5.74, 6) is 0.552. The molecule has 0 aliphatic carbocycles. The molecular weight excluding hydrogens is 231 g/mol. The number of ether oxygens (including phenoxy) is 1. The monoisotopic (exact) mass is 248 g/mol. The molecule has 0 unspecified atom stereocenters. The molecule has 1 aromatic rings. The molecule has 86 valence electrons. The molecule has 0 spiro atoms. The maximum Gasteiger partial charge on any atom is 0.146 e. The second-order valence-electron chi connectivity index (χ2n) is 2.34. The highest BCUT2D eigenvalue weighted by Gasteiger charge is 2.09. The van der Waals surface area contributed by atoms with Gasteiger partial charge < -0.3 is 4.74 Å². The van der Waals surface area contributed by atoms with Crippen LogP contribution in [0.4, 0.5) is 4.39 Å². The van der Waals surface area contributed by atoms with E-state index in [1.54, 1.807) is 7.11 Å². The van der Waals surface area contributed by atoms with Gasteiger partial charge in [0.05, 0.1) is 16.9 Å². The van der Waals surface area contributed by atoms with Gasteiger partial charge >= 0.3 is 0 Å². The molecule has 0 aromatic heterocycles. The van der Waals surface area contributed by atoms with Crippen molar-refractivity contribution < 1.29 is 9.13 Å². The molecule has 1 rings (SSSR count). The summed E-state index contributed by atoms with van der Waals surface area (Å²) >= 11 is 2.97. The van der Waals surface area contributed by atoms with Gasteiger partial charge in [-0.05, 0) is 24.6 Å². The first kappa shape index (κ1) is 14.6. The lowest BCUT2D eigenvalue weighted by atomic mass is 10.3. The van der Waals surface area contributed by atoms with E-state index >= 15 is 0 Å². The van der Waals surface area contributed by atoms with E-state index < -0.39 is 0 Å². The van der Waals surface area contributed by atoms with Gasteiger partial charge in [0.1, 0.15) is 11.6 Å². The Balaban J connectivity index is 0.000000921. The van der Waals surface area contributed by atoms with Gasteiger partial charge in [-0.2, -0.15) is 0 Å². The van der Waals surface area contributed by atoms with Crippen LogP contribution in [-0.2, 0) is 0 Å². The summed E-state index contributed by atoms with van der Waals surface area (Å²) in [6, 6.07) is 2.98. The Labute approximate surface area is 99.8 Å². The first-order valence-corrected chi connectivity index (χ1v) is 7.13. The van der Waals surface area contributed by atoms with E-state index in [1.165, 1.54) is 35.7 Å². The summed E-state index contributed by atoms with van der Waals surface area (Å²) in [7, 11) is 1.60. The van der Waals surface area contributed by atoms with Crippen LogP contribution >= 0.6 is 23.5 Å². The van der Waals surface area contributed by atoms with E-state index in [0.717, 1.165) is 15.5 Å². The van der Waals surface area contributed by atoms with Crippen molar-refractivity contribution in [2.45, 2.75) is 23.6 Å². The number of benzene rings is 1. The van der Waals surface area contributed by atoms with E-state index in [1.807, 2.05) is 26.4 Å². The van der Waals surface area contributed by atoms with Gasteiger partial charge in [-0.3, -0.25) is 0 Å². The van der Waals surface area contributed by atoms with Crippen molar-refractivity contribution in [3.05, 3.63) is 17.9 Å². The van der Waals surface area contributed by atoms with Gasteiger partial charge in [-0.1, -0.05) is 13.8 Å². The Morgan fingerprint density at radius 2 is 1.47 bits per heavy atom. The molecule has 0 saturated heterocycles. The highest BCUT2D eigenvalue weighted by molar-refractivity contribution is 7.99. The van der Waals surface area contributed by atoms with Crippen molar-refractivity contribution in [1.29, 1.82) is 0 Å². The van der Waals surface area contributed by atoms with Gasteiger partial charge in [0.15, 0.2) is 0 Å². The topological polar surface area (TPSA) is 9.23 Å². The third-order valence-electron chi connectivity index (χ3n) is 1.63. The normalized spacial score (nSPS) is 9.20. The van der Waals surface area contributed by atoms with Crippen LogP contribution in [0, 0.1) is 5.82 Å². The molecule has 0 aliphatic heterocycles. The highest BCUT2D eigenvalue weighted by atomic mass is 32.2. The Morgan fingerprint density at radius 3 is 1.73 bits per heavy atom. The van der Waals surface area contributed by atoms with Crippen molar-refractivity contribution in [3.63, 3.8) is 0 Å². The number of hydrogen-bond donors (Lipinski definition) is 0. The Kier molecular flexibility index (Phi) is 7.70. The number of methoxy groups -OCH3 is 1. The molecule has 0 bridgehead atoms. The lowest BCUT2D eigenvalue weighted by Crippen LogP contribution is -1.90. The molecule has 0 fully saturated rings. The fourth-order valence-electron chi connectivity index (χ4n) is 1.05. The summed E-state index contributed by atoms with van der Waals surface area (Å²) in [6.45, 7) is 4.00. The Bertz CT molecular complexity index is 278. The zero-order valence-corrected chi connectivity index (χ0v) is 11.4. The molecule has 1 nitrogen and oxygen atoms in total. The summed E-state index contributed by atoms with van der Waals surface area (Å²) in [5.41, 5.74) is 0. The minimum Gasteiger partial charge on any atom is -0.494 e. The average molecular weight is 248 g/mol. The van der Waals surface area contributed by atoms with E-state index in [2.05, 4.69) is 0 Å². The van der Waals surface area contributed by atoms with Crippen LogP contribution in [0.2, 0.25) is 0 Å². The van der Waals surface area contributed by atoms with Crippen LogP contribution in [0.5, 0.6) is 5.75 Å². The molecular formula is C11H17FOS2. The quantitative estimate of drug-likeness (QED) is 0.738. The highest BCUT2D eigenvalue weighted by Crippen LogP contribution is 2.36. The first-order chi connectivity index (χ1) is 7.22. The van der Waals surface area contributed by atoms with Gasteiger partial charge in [0.25, 0.3) is 0 Å². The van der Waals surface area contributed by atoms with Crippen molar-refractivity contribution in [1.82, 2.24) is 0 Å². The zero-order chi connectivity index (χ0) is 11.8. The number of hydrogen-bond acceptors (Lipinski definition) is 3. The maximum atomic E-state index is 13.0. The van der Waals surface area contributed by atoms with Crippen LogP contribution in [0.3, 0.4) is 0 Å². The molecule has 0 atom stereocenters. The second kappa shape index (κ2) is 7.88. The minimum atomic E-state index is -0.213. The molecule has 4 heteroatoms. The SMILES string of the molecule is CC.COc1c(SC)cc(F)cc1SC. The summed E-state index contributed by atoms with van der Waals surface area (Å²) in [5, 5.41) is 0. The van der Waals surface area contributed by atoms with E-state index in [9.17, 15) is 4.39 Å². The van der Waals surface area contributed by atoms with Crippen LogP contribution in [-0.4, -0.2) is 19.6 Å². The molecule has 0 aliphatic rings. The number of thioether (sulfide) groups is 2. The van der Waals surface area contributed by atoms with Crippen LogP contribution < -0.4 is 4.74 Å². The number of halogens is 1. The standard InChI is InChI=1S/C9H11FOS2.C2H6/c1-11-9-7(12-2)4-6(10)5-8(9)13-3;1-2/h4-5H,1-3H3;1-2H3. The molecule has 0 radical (unpaired) electrons. The predicted molar refractivity (Wildman–Crippen MR) is 67.9 cm³/mol. The van der Waals surface area contributed by atoms with Crippen molar-refractivity contribution in [3.8, 4) is 5.75 Å². The number of rotatable bonds is 3. The minimum absolute atomic E-state index is 0.213. The van der Waals surface area contributed by atoms with E-state index in [4.69, 9.17) is 4.74 Å². The smallest absolute Gasteiger partial charge is 0.146 e. The second-order valence-corrected chi connectivity index (χ2v) is 4.04.